The Labute approximate surface area is 183 Å². The molecule has 9 heteroatoms. The van der Waals surface area contributed by atoms with Gasteiger partial charge in [-0.3, -0.25) is 9.69 Å². The van der Waals surface area contributed by atoms with Crippen molar-refractivity contribution < 1.29 is 24.9 Å². The van der Waals surface area contributed by atoms with Crippen LogP contribution in [0.2, 0.25) is 0 Å². The lowest BCUT2D eigenvalue weighted by Crippen LogP contribution is -2.52. The number of aromatic nitrogens is 1. The zero-order valence-electron chi connectivity index (χ0n) is 16.8. The van der Waals surface area contributed by atoms with E-state index < -0.39 is 18.7 Å². The molecule has 2 aromatic heterocycles. The molecule has 1 aliphatic heterocycles. The molecule has 1 fully saturated rings. The van der Waals surface area contributed by atoms with E-state index in [1.54, 1.807) is 18.2 Å². The number of thiophene rings is 1. The minimum atomic E-state index is -1.03. The van der Waals surface area contributed by atoms with Crippen molar-refractivity contribution >= 4 is 34.1 Å². The second-order valence-corrected chi connectivity index (χ2v) is 8.45. The highest BCUT2D eigenvalue weighted by Crippen LogP contribution is 2.33. The number of carbonyl (C=O) groups is 2. The van der Waals surface area contributed by atoms with E-state index in [9.17, 15) is 19.8 Å². The fourth-order valence-electron chi connectivity index (χ4n) is 3.89. The molecule has 1 aliphatic rings. The quantitative estimate of drug-likeness (QED) is 0.511. The number of aliphatic hydroxyl groups is 2. The average Bonchev–Trinajstić information content (AvgIpc) is 3.29. The topological polar surface area (TPSA) is 114 Å². The van der Waals surface area contributed by atoms with Crippen molar-refractivity contribution in [2.45, 2.75) is 12.6 Å². The number of carboxylic acid groups (broad SMARTS) is 1. The second kappa shape index (κ2) is 9.11. The Balaban J connectivity index is 1.70. The van der Waals surface area contributed by atoms with Gasteiger partial charge in [0.15, 0.2) is 0 Å². The fraction of sp³-hybridized carbons (Fsp3) is 0.318. The lowest BCUT2D eigenvalue weighted by molar-refractivity contribution is -0.138. The van der Waals surface area contributed by atoms with Crippen molar-refractivity contribution in [2.75, 3.05) is 32.8 Å². The molecule has 0 bridgehead atoms. The highest BCUT2D eigenvalue weighted by Gasteiger charge is 2.29. The zero-order valence-corrected chi connectivity index (χ0v) is 17.6. The van der Waals surface area contributed by atoms with Crippen LogP contribution >= 0.6 is 11.3 Å². The number of aliphatic hydroxyl groups excluding tert-OH is 2. The van der Waals surface area contributed by atoms with Gasteiger partial charge in [-0.25, -0.2) is 9.78 Å². The van der Waals surface area contributed by atoms with Crippen molar-refractivity contribution in [3.8, 4) is 10.6 Å². The number of rotatable bonds is 7. The Kier molecular flexibility index (Phi) is 6.28. The number of hydrogen-bond acceptors (Lipinski definition) is 7. The van der Waals surface area contributed by atoms with E-state index in [1.807, 2.05) is 28.5 Å². The first-order valence-corrected chi connectivity index (χ1v) is 10.8. The second-order valence-electron chi connectivity index (χ2n) is 7.50. The third kappa shape index (κ3) is 4.45. The van der Waals surface area contributed by atoms with Crippen LogP contribution in [0.4, 0.5) is 0 Å². The van der Waals surface area contributed by atoms with Crippen molar-refractivity contribution in [1.29, 1.82) is 0 Å². The van der Waals surface area contributed by atoms with Crippen LogP contribution in [0.15, 0.2) is 41.8 Å². The van der Waals surface area contributed by atoms with E-state index in [0.717, 1.165) is 4.88 Å². The summed E-state index contributed by atoms with van der Waals surface area (Å²) in [6.07, 6.45) is -0.968. The third-order valence-corrected chi connectivity index (χ3v) is 6.26. The molecule has 1 amide bonds. The molecule has 3 aromatic rings. The number of aromatic carboxylic acids is 1. The molecular weight excluding hydrogens is 418 g/mol. The molecule has 1 atom stereocenters. The summed E-state index contributed by atoms with van der Waals surface area (Å²) in [5.41, 5.74) is 2.03. The van der Waals surface area contributed by atoms with Crippen LogP contribution in [-0.4, -0.2) is 80.9 Å². The largest absolute Gasteiger partial charge is 0.478 e. The smallest absolute Gasteiger partial charge is 0.336 e. The molecule has 1 saturated heterocycles. The van der Waals surface area contributed by atoms with E-state index in [-0.39, 0.29) is 31.1 Å². The summed E-state index contributed by atoms with van der Waals surface area (Å²) in [7, 11) is 0. The first-order valence-electron chi connectivity index (χ1n) is 9.95. The Morgan fingerprint density at radius 1 is 1.19 bits per heavy atom. The summed E-state index contributed by atoms with van der Waals surface area (Å²) >= 11 is 1.49. The maximum absolute atomic E-state index is 12.6. The van der Waals surface area contributed by atoms with Crippen LogP contribution in [0.1, 0.15) is 15.9 Å². The minimum Gasteiger partial charge on any atom is -0.478 e. The molecule has 0 unspecified atom stereocenters. The number of nitrogens with zero attached hydrogens (tertiary/aromatic N) is 3. The Hall–Kier alpha value is -2.85. The summed E-state index contributed by atoms with van der Waals surface area (Å²) in [6, 6.07) is 11.0. The standard InChI is InChI=1S/C22H23N3O5S/c26-13-14(27)10-25-8-7-24(12-19(25)28)11-16-20(22(29)30)15-4-1-2-5-17(15)23-21(16)18-6-3-9-31-18/h1-6,9,14,26-27H,7-8,10-13H2,(H,29,30)/t14-/m0/s1. The van der Waals surface area contributed by atoms with Crippen molar-refractivity contribution in [2.24, 2.45) is 0 Å². The first-order chi connectivity index (χ1) is 15.0. The van der Waals surface area contributed by atoms with Gasteiger partial charge in [-0.05, 0) is 17.5 Å². The van der Waals surface area contributed by atoms with Crippen LogP contribution in [0, 0.1) is 0 Å². The van der Waals surface area contributed by atoms with Gasteiger partial charge in [0.2, 0.25) is 5.91 Å². The number of fused-ring (bicyclic) bond motifs is 1. The lowest BCUT2D eigenvalue weighted by Gasteiger charge is -2.35. The Morgan fingerprint density at radius 3 is 2.68 bits per heavy atom. The molecule has 8 nitrogen and oxygen atoms in total. The highest BCUT2D eigenvalue weighted by molar-refractivity contribution is 7.13. The number of β-amino-alcohol motifs (C(OH)–C–C–N with tert-alkyl or cyclic N) is 1. The molecule has 3 heterocycles. The molecule has 1 aromatic carbocycles. The normalized spacial score (nSPS) is 16.1. The van der Waals surface area contributed by atoms with Gasteiger partial charge in [0.25, 0.3) is 0 Å². The van der Waals surface area contributed by atoms with Crippen LogP contribution in [0.5, 0.6) is 0 Å². The van der Waals surface area contributed by atoms with Crippen LogP contribution in [0.25, 0.3) is 21.5 Å². The summed E-state index contributed by atoms with van der Waals surface area (Å²) < 4.78 is 0. The molecule has 0 saturated carbocycles. The van der Waals surface area contributed by atoms with E-state index in [2.05, 4.69) is 0 Å². The lowest BCUT2D eigenvalue weighted by atomic mass is 9.98. The number of carbonyl (C=O) groups excluding carboxylic acids is 1. The summed E-state index contributed by atoms with van der Waals surface area (Å²) in [4.78, 5) is 33.9. The number of benzene rings is 1. The maximum atomic E-state index is 12.6. The number of piperazine rings is 1. The number of carboxylic acids is 1. The molecule has 0 aliphatic carbocycles. The van der Waals surface area contributed by atoms with E-state index >= 15 is 0 Å². The SMILES string of the molecule is O=C(O)c1c(CN2CCN(C[C@H](O)CO)C(=O)C2)c(-c2cccs2)nc2ccccc12. The fourth-order valence-corrected chi connectivity index (χ4v) is 4.63. The molecule has 3 N–H and O–H groups in total. The van der Waals surface area contributed by atoms with Gasteiger partial charge >= 0.3 is 5.97 Å². The predicted molar refractivity (Wildman–Crippen MR) is 117 cm³/mol. The monoisotopic (exact) mass is 441 g/mol. The first kappa shape index (κ1) is 21.4. The van der Waals surface area contributed by atoms with Crippen LogP contribution < -0.4 is 0 Å². The molecule has 31 heavy (non-hydrogen) atoms. The number of hydrogen-bond donors (Lipinski definition) is 3. The molecule has 0 spiro atoms. The summed E-state index contributed by atoms with van der Waals surface area (Å²) in [5.74, 6) is -1.19. The van der Waals surface area contributed by atoms with Crippen LogP contribution in [0.3, 0.4) is 0 Å². The predicted octanol–water partition coefficient (Wildman–Crippen LogP) is 1.66. The molecule has 162 valence electrons. The average molecular weight is 442 g/mol. The van der Waals surface area contributed by atoms with Gasteiger partial charge in [0, 0.05) is 37.1 Å². The summed E-state index contributed by atoms with van der Waals surface area (Å²) in [5, 5.41) is 31.2. The van der Waals surface area contributed by atoms with E-state index in [0.29, 0.717) is 35.2 Å². The van der Waals surface area contributed by atoms with E-state index in [4.69, 9.17) is 10.1 Å². The Bertz CT molecular complexity index is 1100. The third-order valence-electron chi connectivity index (χ3n) is 5.38. The number of pyridine rings is 1. The molecule has 0 radical (unpaired) electrons. The van der Waals surface area contributed by atoms with Gasteiger partial charge in [-0.2, -0.15) is 0 Å². The van der Waals surface area contributed by atoms with Gasteiger partial charge in [0.05, 0.1) is 40.9 Å². The number of amides is 1. The van der Waals surface area contributed by atoms with Gasteiger partial charge in [-0.1, -0.05) is 24.3 Å². The maximum Gasteiger partial charge on any atom is 0.336 e. The minimum absolute atomic E-state index is 0.0848. The Morgan fingerprint density at radius 2 is 2.00 bits per heavy atom. The molecule has 4 rings (SSSR count). The van der Waals surface area contributed by atoms with Crippen molar-refractivity contribution in [3.05, 3.63) is 52.9 Å². The van der Waals surface area contributed by atoms with E-state index in [1.165, 1.54) is 16.2 Å². The highest BCUT2D eigenvalue weighted by atomic mass is 32.1. The number of para-hydroxylation sites is 1. The van der Waals surface area contributed by atoms with Crippen molar-refractivity contribution in [1.82, 2.24) is 14.8 Å². The van der Waals surface area contributed by atoms with Crippen molar-refractivity contribution in [3.63, 3.8) is 0 Å². The molecular formula is C22H23N3O5S. The summed E-state index contributed by atoms with van der Waals surface area (Å²) in [6.45, 7) is 0.986. The van der Waals surface area contributed by atoms with Gasteiger partial charge in [-0.15, -0.1) is 11.3 Å². The van der Waals surface area contributed by atoms with Gasteiger partial charge in [0.1, 0.15) is 0 Å². The van der Waals surface area contributed by atoms with Crippen LogP contribution in [-0.2, 0) is 11.3 Å². The zero-order chi connectivity index (χ0) is 22.0. The van der Waals surface area contributed by atoms with Gasteiger partial charge < -0.3 is 20.2 Å².